The van der Waals surface area contributed by atoms with Crippen LogP contribution in [0.5, 0.6) is 0 Å². The third-order valence-electron chi connectivity index (χ3n) is 2.56. The highest BCUT2D eigenvalue weighted by Crippen LogP contribution is 2.46. The van der Waals surface area contributed by atoms with Crippen molar-refractivity contribution in [2.24, 2.45) is 5.41 Å². The van der Waals surface area contributed by atoms with E-state index < -0.39 is 17.6 Å². The quantitative estimate of drug-likeness (QED) is 0.662. The van der Waals surface area contributed by atoms with Gasteiger partial charge in [-0.25, -0.2) is 0 Å². The number of rotatable bonds is 6. The molecule has 0 saturated heterocycles. The molecule has 0 bridgehead atoms. The summed E-state index contributed by atoms with van der Waals surface area (Å²) < 4.78 is 43.6. The van der Waals surface area contributed by atoms with Crippen molar-refractivity contribution in [3.05, 3.63) is 0 Å². The second kappa shape index (κ2) is 6.11. The normalized spacial score (nSPS) is 12.6. The number of hydrogen-bond acceptors (Lipinski definition) is 2. The lowest BCUT2D eigenvalue weighted by Crippen LogP contribution is -2.46. The van der Waals surface area contributed by atoms with E-state index in [0.29, 0.717) is 12.8 Å². The van der Waals surface area contributed by atoms with Gasteiger partial charge in [0.05, 0.1) is 6.61 Å². The Morgan fingerprint density at radius 1 is 1.06 bits per heavy atom. The Balaban J connectivity index is 5.16. The molecule has 0 radical (unpaired) electrons. The van der Waals surface area contributed by atoms with E-state index in [0.717, 1.165) is 0 Å². The average molecular weight is 240 g/mol. The van der Waals surface area contributed by atoms with Crippen molar-refractivity contribution in [1.29, 1.82) is 0 Å². The number of hydrogen-bond donors (Lipinski definition) is 0. The summed E-state index contributed by atoms with van der Waals surface area (Å²) in [7, 11) is 0. The Morgan fingerprint density at radius 3 is 1.75 bits per heavy atom. The van der Waals surface area contributed by atoms with Crippen molar-refractivity contribution in [3.8, 4) is 0 Å². The van der Waals surface area contributed by atoms with E-state index in [1.165, 1.54) is 6.92 Å². The summed E-state index contributed by atoms with van der Waals surface area (Å²) in [4.78, 5) is 11.5. The molecule has 0 aromatic heterocycles. The van der Waals surface area contributed by atoms with Crippen molar-refractivity contribution in [1.82, 2.24) is 0 Å². The van der Waals surface area contributed by atoms with E-state index in [2.05, 4.69) is 4.74 Å². The summed E-state index contributed by atoms with van der Waals surface area (Å²) in [6.45, 7) is 4.76. The van der Waals surface area contributed by atoms with Crippen LogP contribution >= 0.6 is 0 Å². The molecule has 16 heavy (non-hydrogen) atoms. The molecule has 96 valence electrons. The van der Waals surface area contributed by atoms with Gasteiger partial charge in [0.2, 0.25) is 0 Å². The molecule has 0 aliphatic carbocycles. The number of carbonyl (C=O) groups excluding carboxylic acids is 1. The van der Waals surface area contributed by atoms with E-state index in [4.69, 9.17) is 0 Å². The summed E-state index contributed by atoms with van der Waals surface area (Å²) in [6.07, 6.45) is -4.34. The van der Waals surface area contributed by atoms with Crippen LogP contribution in [0.2, 0.25) is 0 Å². The van der Waals surface area contributed by atoms with Crippen molar-refractivity contribution >= 4 is 5.97 Å². The highest BCUT2D eigenvalue weighted by atomic mass is 19.4. The molecule has 0 atom stereocenters. The van der Waals surface area contributed by atoms with E-state index in [1.54, 1.807) is 13.8 Å². The zero-order valence-corrected chi connectivity index (χ0v) is 9.99. The van der Waals surface area contributed by atoms with Crippen LogP contribution in [0.25, 0.3) is 0 Å². The molecule has 2 nitrogen and oxygen atoms in total. The summed E-state index contributed by atoms with van der Waals surface area (Å²) >= 11 is 0. The number of esters is 1. The molecule has 0 heterocycles. The van der Waals surface area contributed by atoms with Crippen LogP contribution in [0.4, 0.5) is 13.2 Å². The topological polar surface area (TPSA) is 26.3 Å². The van der Waals surface area contributed by atoms with Crippen LogP contribution in [0.15, 0.2) is 0 Å². The van der Waals surface area contributed by atoms with Gasteiger partial charge in [-0.3, -0.25) is 4.79 Å². The maximum absolute atomic E-state index is 13.0. The first-order chi connectivity index (χ1) is 7.35. The zero-order chi connectivity index (χ0) is 12.8. The predicted molar refractivity (Wildman–Crippen MR) is 54.9 cm³/mol. The highest BCUT2D eigenvalue weighted by Gasteiger charge is 2.59. The van der Waals surface area contributed by atoms with Crippen molar-refractivity contribution < 1.29 is 22.7 Å². The molecular formula is C11H19F3O2. The lowest BCUT2D eigenvalue weighted by molar-refractivity contribution is -0.238. The molecule has 0 saturated carbocycles. The molecule has 0 aromatic carbocycles. The average Bonchev–Trinajstić information content (AvgIpc) is 2.15. The van der Waals surface area contributed by atoms with Crippen molar-refractivity contribution in [2.45, 2.75) is 52.6 Å². The first-order valence-electron chi connectivity index (χ1n) is 5.59. The second-order valence-corrected chi connectivity index (χ2v) is 3.80. The fraction of sp³-hybridized carbons (Fsp3) is 0.909. The van der Waals surface area contributed by atoms with Crippen LogP contribution < -0.4 is 0 Å². The lowest BCUT2D eigenvalue weighted by Gasteiger charge is -2.32. The van der Waals surface area contributed by atoms with Gasteiger partial charge in [0.15, 0.2) is 5.41 Å². The molecule has 0 unspecified atom stereocenters. The van der Waals surface area contributed by atoms with Crippen LogP contribution in [-0.4, -0.2) is 18.8 Å². The third kappa shape index (κ3) is 3.12. The van der Waals surface area contributed by atoms with Gasteiger partial charge in [-0.05, 0) is 19.8 Å². The molecule has 0 N–H and O–H groups in total. The minimum absolute atomic E-state index is 0.0237. The van der Waals surface area contributed by atoms with Crippen LogP contribution in [0.1, 0.15) is 46.5 Å². The van der Waals surface area contributed by atoms with Gasteiger partial charge in [0.25, 0.3) is 0 Å². The van der Waals surface area contributed by atoms with Crippen LogP contribution in [0.3, 0.4) is 0 Å². The SMILES string of the molecule is CCCC(CCC)(C(=O)OCC)C(F)(F)F. The third-order valence-corrected chi connectivity index (χ3v) is 2.56. The van der Waals surface area contributed by atoms with Gasteiger partial charge in [0, 0.05) is 0 Å². The molecule has 5 heteroatoms. The number of alkyl halides is 3. The Morgan fingerprint density at radius 2 is 1.50 bits per heavy atom. The van der Waals surface area contributed by atoms with Gasteiger partial charge < -0.3 is 4.74 Å². The van der Waals surface area contributed by atoms with Gasteiger partial charge in [-0.1, -0.05) is 26.7 Å². The van der Waals surface area contributed by atoms with Crippen LogP contribution in [-0.2, 0) is 9.53 Å². The van der Waals surface area contributed by atoms with E-state index in [9.17, 15) is 18.0 Å². The van der Waals surface area contributed by atoms with Gasteiger partial charge in [-0.15, -0.1) is 0 Å². The highest BCUT2D eigenvalue weighted by molar-refractivity contribution is 5.77. The van der Waals surface area contributed by atoms with Gasteiger partial charge in [-0.2, -0.15) is 13.2 Å². The standard InChI is InChI=1S/C11H19F3O2/c1-4-7-10(8-5-2,11(12,13)14)9(15)16-6-3/h4-8H2,1-3H3. The molecule has 0 rings (SSSR count). The maximum atomic E-state index is 13.0. The molecule has 0 amide bonds. The number of halogens is 3. The van der Waals surface area contributed by atoms with Crippen molar-refractivity contribution in [2.75, 3.05) is 6.61 Å². The first-order valence-corrected chi connectivity index (χ1v) is 5.59. The summed E-state index contributed by atoms with van der Waals surface area (Å²) in [5.74, 6) is -1.13. The molecule has 0 aromatic rings. The smallest absolute Gasteiger partial charge is 0.404 e. The fourth-order valence-electron chi connectivity index (χ4n) is 1.85. The van der Waals surface area contributed by atoms with Gasteiger partial charge in [0.1, 0.15) is 0 Å². The zero-order valence-electron chi connectivity index (χ0n) is 9.99. The maximum Gasteiger partial charge on any atom is 0.404 e. The van der Waals surface area contributed by atoms with E-state index >= 15 is 0 Å². The summed E-state index contributed by atoms with van der Waals surface area (Å²) in [5, 5.41) is 0. The second-order valence-electron chi connectivity index (χ2n) is 3.80. The van der Waals surface area contributed by atoms with Crippen LogP contribution in [0, 0.1) is 5.41 Å². The summed E-state index contributed by atoms with van der Waals surface area (Å²) in [5.41, 5.74) is -2.31. The molecule has 0 fully saturated rings. The molecule has 0 spiro atoms. The summed E-state index contributed by atoms with van der Waals surface area (Å²) in [6, 6.07) is 0. The number of ether oxygens (including phenoxy) is 1. The van der Waals surface area contributed by atoms with Crippen molar-refractivity contribution in [3.63, 3.8) is 0 Å². The minimum atomic E-state index is -4.54. The lowest BCUT2D eigenvalue weighted by atomic mass is 9.78. The van der Waals surface area contributed by atoms with E-state index in [1.807, 2.05) is 0 Å². The Labute approximate surface area is 94.2 Å². The molecule has 0 aliphatic heterocycles. The monoisotopic (exact) mass is 240 g/mol. The fourth-order valence-corrected chi connectivity index (χ4v) is 1.85. The molecular weight excluding hydrogens is 221 g/mol. The Kier molecular flexibility index (Phi) is 5.83. The predicted octanol–water partition coefficient (Wildman–Crippen LogP) is 3.70. The van der Waals surface area contributed by atoms with Gasteiger partial charge >= 0.3 is 12.1 Å². The van der Waals surface area contributed by atoms with E-state index in [-0.39, 0.29) is 19.4 Å². The minimum Gasteiger partial charge on any atom is -0.465 e. The largest absolute Gasteiger partial charge is 0.465 e. The first kappa shape index (κ1) is 15.3. The Hall–Kier alpha value is -0.740. The molecule has 0 aliphatic rings. The Bertz CT molecular complexity index is 218. The number of carbonyl (C=O) groups is 1.